The van der Waals surface area contributed by atoms with E-state index in [4.69, 9.17) is 15.7 Å². The molecule has 2 aromatic rings. The molecule has 19 heavy (non-hydrogen) atoms. The first-order valence-corrected chi connectivity index (χ1v) is 6.77. The molecule has 6 heteroatoms. The molecular weight excluding hydrogens is 355 g/mol. The minimum absolute atomic E-state index is 0.495. The van der Waals surface area contributed by atoms with Crippen molar-refractivity contribution in [2.45, 2.75) is 6.42 Å². The lowest BCUT2D eigenvalue weighted by Crippen LogP contribution is -2.05. The molecule has 0 fully saturated rings. The van der Waals surface area contributed by atoms with Gasteiger partial charge in [-0.1, -0.05) is 0 Å². The number of nitrogens with zero attached hydrogens (tertiary/aromatic N) is 3. The summed E-state index contributed by atoms with van der Waals surface area (Å²) in [6.45, 7) is 0.526. The SMILES string of the molecule is Cn1cc(CCOc2c(N)cc(C#N)cc2I)cn1. The molecule has 1 heterocycles. The Kier molecular flexibility index (Phi) is 4.27. The second kappa shape index (κ2) is 5.93. The zero-order chi connectivity index (χ0) is 13.8. The molecular formula is C13H13IN4O. The number of halogens is 1. The predicted octanol–water partition coefficient (Wildman–Crippen LogP) is 2.10. The van der Waals surface area contributed by atoms with E-state index in [0.29, 0.717) is 23.6 Å². The van der Waals surface area contributed by atoms with E-state index < -0.39 is 0 Å². The monoisotopic (exact) mass is 368 g/mol. The third-order valence-electron chi connectivity index (χ3n) is 2.60. The first kappa shape index (κ1) is 13.7. The van der Waals surface area contributed by atoms with E-state index >= 15 is 0 Å². The molecule has 0 spiro atoms. The normalized spacial score (nSPS) is 10.2. The van der Waals surface area contributed by atoms with Crippen LogP contribution in [-0.2, 0) is 13.5 Å². The minimum atomic E-state index is 0.495. The first-order valence-electron chi connectivity index (χ1n) is 5.69. The van der Waals surface area contributed by atoms with Crippen LogP contribution in [-0.4, -0.2) is 16.4 Å². The average molecular weight is 368 g/mol. The standard InChI is InChI=1S/C13H13IN4O/c1-18-8-9(7-17-18)2-3-19-13-11(14)4-10(6-15)5-12(13)16/h4-5,7-8H,2-3,16H2,1H3. The lowest BCUT2D eigenvalue weighted by atomic mass is 10.2. The number of nitrogens with two attached hydrogens (primary N) is 1. The molecule has 0 atom stereocenters. The van der Waals surface area contributed by atoms with Crippen LogP contribution in [0.5, 0.6) is 5.75 Å². The summed E-state index contributed by atoms with van der Waals surface area (Å²) in [5.74, 6) is 0.642. The summed E-state index contributed by atoms with van der Waals surface area (Å²) in [5, 5.41) is 12.9. The fourth-order valence-electron chi connectivity index (χ4n) is 1.70. The van der Waals surface area contributed by atoms with Gasteiger partial charge in [-0.2, -0.15) is 10.4 Å². The molecule has 2 rings (SSSR count). The van der Waals surface area contributed by atoms with Crippen molar-refractivity contribution >= 4 is 28.3 Å². The zero-order valence-corrected chi connectivity index (χ0v) is 12.6. The van der Waals surface area contributed by atoms with E-state index in [1.54, 1.807) is 16.8 Å². The third-order valence-corrected chi connectivity index (χ3v) is 3.40. The van der Waals surface area contributed by atoms with Crippen molar-refractivity contribution in [3.8, 4) is 11.8 Å². The number of rotatable bonds is 4. The number of nitrogen functional groups attached to an aromatic ring is 1. The van der Waals surface area contributed by atoms with Gasteiger partial charge < -0.3 is 10.5 Å². The summed E-state index contributed by atoms with van der Waals surface area (Å²) in [4.78, 5) is 0. The maximum absolute atomic E-state index is 8.85. The molecule has 0 saturated carbocycles. The quantitative estimate of drug-likeness (QED) is 0.663. The van der Waals surface area contributed by atoms with Crippen molar-refractivity contribution in [3.05, 3.63) is 39.2 Å². The van der Waals surface area contributed by atoms with Crippen molar-refractivity contribution in [3.63, 3.8) is 0 Å². The number of hydrogen-bond donors (Lipinski definition) is 1. The van der Waals surface area contributed by atoms with E-state index in [9.17, 15) is 0 Å². The van der Waals surface area contributed by atoms with Gasteiger partial charge in [0, 0.05) is 19.7 Å². The number of anilines is 1. The molecule has 0 aliphatic carbocycles. The van der Waals surface area contributed by atoms with Crippen LogP contribution in [0.15, 0.2) is 24.5 Å². The molecule has 2 N–H and O–H groups in total. The van der Waals surface area contributed by atoms with Crippen molar-refractivity contribution < 1.29 is 4.74 Å². The van der Waals surface area contributed by atoms with Crippen LogP contribution in [0.25, 0.3) is 0 Å². The smallest absolute Gasteiger partial charge is 0.155 e. The van der Waals surface area contributed by atoms with Crippen LogP contribution in [0.4, 0.5) is 5.69 Å². The van der Waals surface area contributed by atoms with Crippen LogP contribution in [0, 0.1) is 14.9 Å². The zero-order valence-electron chi connectivity index (χ0n) is 10.4. The number of hydrogen-bond acceptors (Lipinski definition) is 4. The number of nitriles is 1. The lowest BCUT2D eigenvalue weighted by Gasteiger charge is -2.10. The number of benzene rings is 1. The molecule has 0 amide bonds. The molecule has 5 nitrogen and oxygen atoms in total. The Morgan fingerprint density at radius 2 is 2.32 bits per heavy atom. The van der Waals surface area contributed by atoms with Crippen molar-refractivity contribution in [2.75, 3.05) is 12.3 Å². The second-order valence-corrected chi connectivity index (χ2v) is 5.27. The average Bonchev–Trinajstić information content (AvgIpc) is 2.78. The van der Waals surface area contributed by atoms with Gasteiger partial charge in [-0.25, -0.2) is 0 Å². The van der Waals surface area contributed by atoms with Crippen LogP contribution in [0.1, 0.15) is 11.1 Å². The summed E-state index contributed by atoms with van der Waals surface area (Å²) in [6, 6.07) is 5.46. The Bertz CT molecular complexity index is 607. The van der Waals surface area contributed by atoms with Gasteiger partial charge in [0.1, 0.15) is 0 Å². The molecule has 1 aromatic heterocycles. The number of aryl methyl sites for hydroxylation is 1. The van der Waals surface area contributed by atoms with E-state index in [0.717, 1.165) is 15.6 Å². The van der Waals surface area contributed by atoms with Gasteiger partial charge in [0.05, 0.1) is 33.7 Å². The summed E-state index contributed by atoms with van der Waals surface area (Å²) >= 11 is 2.12. The fraction of sp³-hybridized carbons (Fsp3) is 0.231. The van der Waals surface area contributed by atoms with Crippen LogP contribution in [0.2, 0.25) is 0 Å². The maximum atomic E-state index is 8.85. The highest BCUT2D eigenvalue weighted by molar-refractivity contribution is 14.1. The first-order chi connectivity index (χ1) is 9.10. The highest BCUT2D eigenvalue weighted by Crippen LogP contribution is 2.29. The van der Waals surface area contributed by atoms with Crippen LogP contribution in [0.3, 0.4) is 0 Å². The van der Waals surface area contributed by atoms with Gasteiger partial charge in [-0.15, -0.1) is 0 Å². The predicted molar refractivity (Wildman–Crippen MR) is 80.7 cm³/mol. The number of aromatic nitrogens is 2. The van der Waals surface area contributed by atoms with E-state index in [1.807, 2.05) is 19.4 Å². The third kappa shape index (κ3) is 3.38. The second-order valence-electron chi connectivity index (χ2n) is 4.11. The van der Waals surface area contributed by atoms with Crippen molar-refractivity contribution in [2.24, 2.45) is 7.05 Å². The van der Waals surface area contributed by atoms with Crippen LogP contribution >= 0.6 is 22.6 Å². The molecule has 0 bridgehead atoms. The van der Waals surface area contributed by atoms with Gasteiger partial charge in [-0.05, 0) is 40.3 Å². The van der Waals surface area contributed by atoms with E-state index in [-0.39, 0.29) is 0 Å². The van der Waals surface area contributed by atoms with Gasteiger partial charge in [0.2, 0.25) is 0 Å². The summed E-state index contributed by atoms with van der Waals surface area (Å²) < 4.78 is 8.31. The molecule has 0 unspecified atom stereocenters. The van der Waals surface area contributed by atoms with Crippen molar-refractivity contribution in [1.29, 1.82) is 5.26 Å². The van der Waals surface area contributed by atoms with Gasteiger partial charge in [-0.3, -0.25) is 4.68 Å². The van der Waals surface area contributed by atoms with Crippen molar-refractivity contribution in [1.82, 2.24) is 9.78 Å². The van der Waals surface area contributed by atoms with Crippen LogP contribution < -0.4 is 10.5 Å². The highest BCUT2D eigenvalue weighted by Gasteiger charge is 2.08. The Labute approximate surface area is 125 Å². The summed E-state index contributed by atoms with van der Waals surface area (Å²) in [7, 11) is 1.88. The molecule has 98 valence electrons. The molecule has 1 aromatic carbocycles. The molecule has 0 aliphatic heterocycles. The Morgan fingerprint density at radius 3 is 2.89 bits per heavy atom. The Morgan fingerprint density at radius 1 is 1.53 bits per heavy atom. The summed E-state index contributed by atoms with van der Waals surface area (Å²) in [5.41, 5.74) is 8.04. The lowest BCUT2D eigenvalue weighted by molar-refractivity contribution is 0.321. The minimum Gasteiger partial charge on any atom is -0.490 e. The summed E-state index contributed by atoms with van der Waals surface area (Å²) in [6.07, 6.45) is 4.54. The molecule has 0 saturated heterocycles. The van der Waals surface area contributed by atoms with Gasteiger partial charge in [0.25, 0.3) is 0 Å². The van der Waals surface area contributed by atoms with Gasteiger partial charge in [0.15, 0.2) is 5.75 Å². The van der Waals surface area contributed by atoms with E-state index in [2.05, 4.69) is 33.8 Å². The maximum Gasteiger partial charge on any atom is 0.155 e. The molecule has 0 aliphatic rings. The fourth-order valence-corrected chi connectivity index (χ4v) is 2.51. The largest absolute Gasteiger partial charge is 0.490 e. The Balaban J connectivity index is 2.02. The Hall–Kier alpha value is -1.75. The van der Waals surface area contributed by atoms with Gasteiger partial charge >= 0.3 is 0 Å². The number of ether oxygens (including phenoxy) is 1. The van der Waals surface area contributed by atoms with E-state index in [1.165, 1.54) is 0 Å². The molecule has 0 radical (unpaired) electrons. The topological polar surface area (TPSA) is 76.9 Å². The highest BCUT2D eigenvalue weighted by atomic mass is 127.